The zero-order chi connectivity index (χ0) is 13.8. The van der Waals surface area contributed by atoms with Crippen molar-refractivity contribution in [2.24, 2.45) is 17.9 Å². The molecule has 0 aliphatic carbocycles. The van der Waals surface area contributed by atoms with Crippen LogP contribution in [-0.4, -0.2) is 25.8 Å². The molecule has 19 heavy (non-hydrogen) atoms. The molecule has 7 nitrogen and oxygen atoms in total. The van der Waals surface area contributed by atoms with E-state index in [1.165, 1.54) is 6.33 Å². The van der Waals surface area contributed by atoms with Crippen LogP contribution in [0.3, 0.4) is 0 Å². The highest BCUT2D eigenvalue weighted by Crippen LogP contribution is 2.26. The molecule has 2 aromatic rings. The van der Waals surface area contributed by atoms with Gasteiger partial charge < -0.3 is 15.7 Å². The van der Waals surface area contributed by atoms with Crippen LogP contribution in [0, 0.1) is 0 Å². The van der Waals surface area contributed by atoms with Gasteiger partial charge in [0.15, 0.2) is 11.7 Å². The molecule has 0 atom stereocenters. The highest BCUT2D eigenvalue weighted by Gasteiger charge is 2.08. The van der Waals surface area contributed by atoms with Crippen molar-refractivity contribution >= 4 is 17.4 Å². The Hall–Kier alpha value is -2.28. The SMILES string of the molecule is Cn1ncnc1COc1ccc(C(N)=NO)cc1Cl. The third-order valence-electron chi connectivity index (χ3n) is 2.50. The maximum Gasteiger partial charge on any atom is 0.170 e. The van der Waals surface area contributed by atoms with Gasteiger partial charge in [0.2, 0.25) is 0 Å². The number of hydrogen-bond acceptors (Lipinski definition) is 5. The number of amidine groups is 1. The first-order valence-corrected chi connectivity index (χ1v) is 5.72. The number of nitrogens with zero attached hydrogens (tertiary/aromatic N) is 4. The molecule has 0 spiro atoms. The van der Waals surface area contributed by atoms with Crippen LogP contribution in [0.15, 0.2) is 29.7 Å². The molecule has 0 saturated carbocycles. The summed E-state index contributed by atoms with van der Waals surface area (Å²) in [5.74, 6) is 1.15. The molecule has 0 fully saturated rings. The largest absolute Gasteiger partial charge is 0.484 e. The summed E-state index contributed by atoms with van der Waals surface area (Å²) in [5, 5.41) is 15.8. The summed E-state index contributed by atoms with van der Waals surface area (Å²) in [5.41, 5.74) is 5.98. The first-order chi connectivity index (χ1) is 9.11. The number of hydrogen-bond donors (Lipinski definition) is 2. The highest BCUT2D eigenvalue weighted by molar-refractivity contribution is 6.32. The normalized spacial score (nSPS) is 11.6. The molecule has 0 saturated heterocycles. The van der Waals surface area contributed by atoms with Crippen molar-refractivity contribution in [1.82, 2.24) is 14.8 Å². The van der Waals surface area contributed by atoms with E-state index < -0.39 is 0 Å². The smallest absolute Gasteiger partial charge is 0.170 e. The topological polar surface area (TPSA) is 98.5 Å². The number of rotatable bonds is 4. The minimum atomic E-state index is -0.0123. The molecule has 1 aromatic heterocycles. The second-order valence-electron chi connectivity index (χ2n) is 3.72. The van der Waals surface area contributed by atoms with Gasteiger partial charge in [-0.05, 0) is 18.2 Å². The summed E-state index contributed by atoms with van der Waals surface area (Å²) in [4.78, 5) is 4.03. The van der Waals surface area contributed by atoms with Crippen molar-refractivity contribution in [1.29, 1.82) is 0 Å². The number of ether oxygens (including phenoxy) is 1. The van der Waals surface area contributed by atoms with E-state index in [4.69, 9.17) is 27.3 Å². The Bertz CT molecular complexity index is 611. The Morgan fingerprint density at radius 3 is 2.95 bits per heavy atom. The lowest BCUT2D eigenvalue weighted by atomic mass is 10.2. The predicted octanol–water partition coefficient (Wildman–Crippen LogP) is 1.14. The molecule has 1 heterocycles. The van der Waals surface area contributed by atoms with E-state index >= 15 is 0 Å². The zero-order valence-corrected chi connectivity index (χ0v) is 10.9. The van der Waals surface area contributed by atoms with Crippen LogP contribution in [0.25, 0.3) is 0 Å². The van der Waals surface area contributed by atoms with Crippen LogP contribution in [-0.2, 0) is 13.7 Å². The summed E-state index contributed by atoms with van der Waals surface area (Å²) in [6.45, 7) is 0.249. The molecule has 0 aliphatic heterocycles. The lowest BCUT2D eigenvalue weighted by molar-refractivity contribution is 0.290. The molecule has 0 bridgehead atoms. The van der Waals surface area contributed by atoms with Crippen molar-refractivity contribution < 1.29 is 9.94 Å². The fraction of sp³-hybridized carbons (Fsp3) is 0.182. The van der Waals surface area contributed by atoms with Crippen LogP contribution in [0.1, 0.15) is 11.4 Å². The van der Waals surface area contributed by atoms with Gasteiger partial charge >= 0.3 is 0 Å². The maximum atomic E-state index is 8.58. The van der Waals surface area contributed by atoms with Crippen LogP contribution in [0.5, 0.6) is 5.75 Å². The Kier molecular flexibility index (Phi) is 3.86. The quantitative estimate of drug-likeness (QED) is 0.379. The van der Waals surface area contributed by atoms with E-state index in [9.17, 15) is 0 Å². The predicted molar refractivity (Wildman–Crippen MR) is 69.3 cm³/mol. The van der Waals surface area contributed by atoms with Crippen molar-refractivity contribution in [3.63, 3.8) is 0 Å². The van der Waals surface area contributed by atoms with E-state index in [2.05, 4.69) is 15.2 Å². The van der Waals surface area contributed by atoms with Crippen molar-refractivity contribution in [3.8, 4) is 5.75 Å². The van der Waals surface area contributed by atoms with Crippen molar-refractivity contribution in [2.45, 2.75) is 6.61 Å². The van der Waals surface area contributed by atoms with Gasteiger partial charge in [-0.15, -0.1) is 0 Å². The molecule has 0 unspecified atom stereocenters. The summed E-state index contributed by atoms with van der Waals surface area (Å²) in [7, 11) is 1.77. The van der Waals surface area contributed by atoms with Gasteiger partial charge in [0, 0.05) is 12.6 Å². The molecule has 0 amide bonds. The first kappa shape index (κ1) is 13.2. The van der Waals surface area contributed by atoms with E-state index in [1.54, 1.807) is 29.9 Å². The number of nitrogens with two attached hydrogens (primary N) is 1. The third kappa shape index (κ3) is 2.94. The molecule has 1 aromatic carbocycles. The average Bonchev–Trinajstić information content (AvgIpc) is 2.82. The van der Waals surface area contributed by atoms with Gasteiger partial charge in [-0.1, -0.05) is 16.8 Å². The summed E-state index contributed by atoms with van der Waals surface area (Å²) >= 11 is 6.05. The lowest BCUT2D eigenvalue weighted by Crippen LogP contribution is -2.13. The Morgan fingerprint density at radius 1 is 1.58 bits per heavy atom. The van der Waals surface area contributed by atoms with Gasteiger partial charge in [0.25, 0.3) is 0 Å². The Morgan fingerprint density at radius 2 is 2.37 bits per heavy atom. The van der Waals surface area contributed by atoms with Crippen molar-refractivity contribution in [2.75, 3.05) is 0 Å². The monoisotopic (exact) mass is 281 g/mol. The summed E-state index contributed by atoms with van der Waals surface area (Å²) in [6.07, 6.45) is 1.45. The minimum Gasteiger partial charge on any atom is -0.484 e. The van der Waals surface area contributed by atoms with Gasteiger partial charge in [0.05, 0.1) is 5.02 Å². The molecule has 3 N–H and O–H groups in total. The first-order valence-electron chi connectivity index (χ1n) is 5.35. The Balaban J connectivity index is 2.12. The van der Waals surface area contributed by atoms with Crippen LogP contribution < -0.4 is 10.5 Å². The number of halogens is 1. The van der Waals surface area contributed by atoms with Crippen molar-refractivity contribution in [3.05, 3.63) is 40.9 Å². The number of aromatic nitrogens is 3. The van der Waals surface area contributed by atoms with Gasteiger partial charge in [-0.25, -0.2) is 4.98 Å². The zero-order valence-electron chi connectivity index (χ0n) is 10.1. The van der Waals surface area contributed by atoms with Crippen LogP contribution >= 0.6 is 11.6 Å². The second kappa shape index (κ2) is 5.57. The fourth-order valence-corrected chi connectivity index (χ4v) is 1.66. The van der Waals surface area contributed by atoms with E-state index in [1.807, 2.05) is 0 Å². The number of aryl methyl sites for hydroxylation is 1. The molecule has 0 radical (unpaired) electrons. The standard InChI is InChI=1S/C11H12ClN5O2/c1-17-10(14-6-15-17)5-19-9-3-2-7(4-8(9)12)11(13)16-18/h2-4,6,18H,5H2,1H3,(H2,13,16). The van der Waals surface area contributed by atoms with E-state index in [-0.39, 0.29) is 12.4 Å². The molecule has 0 aliphatic rings. The third-order valence-corrected chi connectivity index (χ3v) is 2.79. The average molecular weight is 282 g/mol. The van der Waals surface area contributed by atoms with Gasteiger partial charge in [-0.3, -0.25) is 4.68 Å². The van der Waals surface area contributed by atoms with Crippen LogP contribution in [0.2, 0.25) is 5.02 Å². The highest BCUT2D eigenvalue weighted by atomic mass is 35.5. The lowest BCUT2D eigenvalue weighted by Gasteiger charge is -2.08. The summed E-state index contributed by atoms with van der Waals surface area (Å²) in [6, 6.07) is 4.85. The Labute approximate surface area is 114 Å². The molecular weight excluding hydrogens is 270 g/mol. The second-order valence-corrected chi connectivity index (χ2v) is 4.13. The van der Waals surface area contributed by atoms with E-state index in [0.717, 1.165) is 0 Å². The van der Waals surface area contributed by atoms with E-state index in [0.29, 0.717) is 22.2 Å². The summed E-state index contributed by atoms with van der Waals surface area (Å²) < 4.78 is 7.14. The molecular formula is C11H12ClN5O2. The van der Waals surface area contributed by atoms with Crippen LogP contribution in [0.4, 0.5) is 0 Å². The number of oxime groups is 1. The number of benzene rings is 1. The van der Waals surface area contributed by atoms with Gasteiger partial charge in [0.1, 0.15) is 18.7 Å². The molecule has 100 valence electrons. The fourth-order valence-electron chi connectivity index (χ4n) is 1.43. The molecule has 2 rings (SSSR count). The maximum absolute atomic E-state index is 8.58. The molecule has 8 heteroatoms. The van der Waals surface area contributed by atoms with Gasteiger partial charge in [-0.2, -0.15) is 5.10 Å². The minimum absolute atomic E-state index is 0.0123.